The number of carbonyl (C=O) groups is 2. The van der Waals surface area contributed by atoms with Gasteiger partial charge in [0.05, 0.1) is 10.8 Å². The quantitative estimate of drug-likeness (QED) is 0.885. The zero-order chi connectivity index (χ0) is 16.9. The van der Waals surface area contributed by atoms with Crippen molar-refractivity contribution in [2.45, 2.75) is 5.92 Å². The highest BCUT2D eigenvalue weighted by Gasteiger charge is 2.29. The Labute approximate surface area is 157 Å². The van der Waals surface area contributed by atoms with E-state index in [9.17, 15) is 9.59 Å². The molecule has 0 bridgehead atoms. The zero-order valence-electron chi connectivity index (χ0n) is 13.8. The van der Waals surface area contributed by atoms with Gasteiger partial charge in [-0.3, -0.25) is 9.59 Å². The third kappa shape index (κ3) is 4.39. The van der Waals surface area contributed by atoms with Crippen LogP contribution in [0.25, 0.3) is 0 Å². The van der Waals surface area contributed by atoms with Crippen molar-refractivity contribution in [3.63, 3.8) is 0 Å². The number of piperazine rings is 1. The zero-order valence-corrected chi connectivity index (χ0v) is 15.5. The molecule has 25 heavy (non-hydrogen) atoms. The molecule has 0 aliphatic carbocycles. The Kier molecular flexibility index (Phi) is 6.99. The molecule has 1 fully saturated rings. The van der Waals surface area contributed by atoms with Crippen molar-refractivity contribution in [1.82, 2.24) is 9.80 Å². The molecule has 3 rings (SSSR count). The third-order valence-electron chi connectivity index (χ3n) is 4.35. The van der Waals surface area contributed by atoms with E-state index in [1.54, 1.807) is 0 Å². The predicted molar refractivity (Wildman–Crippen MR) is 102 cm³/mol. The van der Waals surface area contributed by atoms with Gasteiger partial charge >= 0.3 is 0 Å². The van der Waals surface area contributed by atoms with E-state index in [0.717, 1.165) is 10.4 Å². The van der Waals surface area contributed by atoms with Crippen molar-refractivity contribution in [3.8, 4) is 0 Å². The minimum Gasteiger partial charge on any atom is -0.339 e. The smallest absolute Gasteiger partial charge is 0.264 e. The molecule has 0 radical (unpaired) electrons. The van der Waals surface area contributed by atoms with Gasteiger partial charge in [0.15, 0.2) is 0 Å². The topological polar surface area (TPSA) is 66.6 Å². The van der Waals surface area contributed by atoms with E-state index in [4.69, 9.17) is 5.73 Å². The summed E-state index contributed by atoms with van der Waals surface area (Å²) in [7, 11) is 0. The summed E-state index contributed by atoms with van der Waals surface area (Å²) >= 11 is 1.45. The van der Waals surface area contributed by atoms with Crippen molar-refractivity contribution in [1.29, 1.82) is 0 Å². The second-order valence-electron chi connectivity index (χ2n) is 5.79. The monoisotopic (exact) mass is 379 g/mol. The fourth-order valence-electron chi connectivity index (χ4n) is 2.97. The Balaban J connectivity index is 0.00000225. The summed E-state index contributed by atoms with van der Waals surface area (Å²) in [5.74, 6) is -0.215. The number of nitrogens with zero attached hydrogens (tertiary/aromatic N) is 2. The van der Waals surface area contributed by atoms with E-state index < -0.39 is 0 Å². The van der Waals surface area contributed by atoms with E-state index in [2.05, 4.69) is 0 Å². The number of hydrogen-bond donors (Lipinski definition) is 1. The molecule has 134 valence electrons. The van der Waals surface area contributed by atoms with E-state index >= 15 is 0 Å². The SMILES string of the molecule is Cl.NCC(C(=O)N1CCN(C(=O)c2cccs2)CC1)c1ccccc1. The summed E-state index contributed by atoms with van der Waals surface area (Å²) in [4.78, 5) is 29.5. The van der Waals surface area contributed by atoms with Crippen LogP contribution in [0, 0.1) is 0 Å². The molecule has 2 N–H and O–H groups in total. The fraction of sp³-hybridized carbons (Fsp3) is 0.333. The van der Waals surface area contributed by atoms with Gasteiger partial charge in [0, 0.05) is 32.7 Å². The lowest BCUT2D eigenvalue weighted by Crippen LogP contribution is -2.52. The first kappa shape index (κ1) is 19.4. The summed E-state index contributed by atoms with van der Waals surface area (Å²) in [6.45, 7) is 2.53. The van der Waals surface area contributed by atoms with Crippen LogP contribution < -0.4 is 5.73 Å². The Morgan fingerprint density at radius 1 is 1.00 bits per heavy atom. The maximum absolute atomic E-state index is 12.8. The molecule has 1 aromatic heterocycles. The number of nitrogens with two attached hydrogens (primary N) is 1. The summed E-state index contributed by atoms with van der Waals surface area (Å²) < 4.78 is 0. The number of benzene rings is 1. The molecule has 7 heteroatoms. The lowest BCUT2D eigenvalue weighted by Gasteiger charge is -2.36. The molecule has 0 spiro atoms. The maximum atomic E-state index is 12.8. The van der Waals surface area contributed by atoms with Crippen LogP contribution in [0.3, 0.4) is 0 Å². The van der Waals surface area contributed by atoms with Gasteiger partial charge in [-0.2, -0.15) is 0 Å². The molecule has 1 saturated heterocycles. The third-order valence-corrected chi connectivity index (χ3v) is 5.20. The second-order valence-corrected chi connectivity index (χ2v) is 6.74. The summed E-state index contributed by atoms with van der Waals surface area (Å²) in [5, 5.41) is 1.90. The molecule has 1 aliphatic heterocycles. The Morgan fingerprint density at radius 2 is 1.64 bits per heavy atom. The Hall–Kier alpha value is -1.89. The van der Waals surface area contributed by atoms with Gasteiger partial charge in [0.1, 0.15) is 0 Å². The standard InChI is InChI=1S/C18H21N3O2S.ClH/c19-13-15(14-5-2-1-3-6-14)17(22)20-8-10-21(11-9-20)18(23)16-7-4-12-24-16;/h1-7,12,15H,8-11,13,19H2;1H. The highest BCUT2D eigenvalue weighted by atomic mass is 35.5. The van der Waals surface area contributed by atoms with Crippen LogP contribution in [-0.2, 0) is 4.79 Å². The average molecular weight is 380 g/mol. The van der Waals surface area contributed by atoms with Crippen molar-refractivity contribution in [3.05, 3.63) is 58.3 Å². The van der Waals surface area contributed by atoms with Crippen molar-refractivity contribution >= 4 is 35.6 Å². The van der Waals surface area contributed by atoms with Crippen LogP contribution in [0.4, 0.5) is 0 Å². The molecule has 2 aromatic rings. The minimum absolute atomic E-state index is 0. The fourth-order valence-corrected chi connectivity index (χ4v) is 3.66. The summed E-state index contributed by atoms with van der Waals surface area (Å²) in [5.41, 5.74) is 6.79. The molecule has 1 aromatic carbocycles. The first-order chi connectivity index (χ1) is 11.7. The Bertz CT molecular complexity index is 686. The van der Waals surface area contributed by atoms with Gasteiger partial charge < -0.3 is 15.5 Å². The van der Waals surface area contributed by atoms with E-state index in [1.165, 1.54) is 11.3 Å². The number of hydrogen-bond acceptors (Lipinski definition) is 4. The molecule has 1 unspecified atom stereocenters. The van der Waals surface area contributed by atoms with E-state index in [-0.39, 0.29) is 36.7 Å². The van der Waals surface area contributed by atoms with Gasteiger partial charge in [0.25, 0.3) is 5.91 Å². The number of rotatable bonds is 4. The molecular weight excluding hydrogens is 358 g/mol. The first-order valence-corrected chi connectivity index (χ1v) is 8.95. The molecule has 2 heterocycles. The minimum atomic E-state index is -0.314. The van der Waals surface area contributed by atoms with Crippen molar-refractivity contribution < 1.29 is 9.59 Å². The molecular formula is C18H22ClN3O2S. The molecule has 0 saturated carbocycles. The largest absolute Gasteiger partial charge is 0.339 e. The average Bonchev–Trinajstić information content (AvgIpc) is 3.17. The van der Waals surface area contributed by atoms with Crippen LogP contribution in [0.15, 0.2) is 47.8 Å². The van der Waals surface area contributed by atoms with Crippen molar-refractivity contribution in [2.24, 2.45) is 5.73 Å². The van der Waals surface area contributed by atoms with Crippen LogP contribution in [0.2, 0.25) is 0 Å². The highest BCUT2D eigenvalue weighted by Crippen LogP contribution is 2.19. The number of halogens is 1. The van der Waals surface area contributed by atoms with E-state index in [1.807, 2.05) is 57.6 Å². The molecule has 5 nitrogen and oxygen atoms in total. The summed E-state index contributed by atoms with van der Waals surface area (Å²) in [6.07, 6.45) is 0. The molecule has 2 amide bonds. The first-order valence-electron chi connectivity index (χ1n) is 8.07. The number of thiophene rings is 1. The van der Waals surface area contributed by atoms with Crippen LogP contribution in [-0.4, -0.2) is 54.3 Å². The van der Waals surface area contributed by atoms with Gasteiger partial charge in [-0.05, 0) is 17.0 Å². The van der Waals surface area contributed by atoms with Crippen molar-refractivity contribution in [2.75, 3.05) is 32.7 Å². The lowest BCUT2D eigenvalue weighted by molar-refractivity contribution is -0.134. The number of carbonyl (C=O) groups excluding carboxylic acids is 2. The van der Waals surface area contributed by atoms with Crippen LogP contribution >= 0.6 is 23.7 Å². The second kappa shape index (κ2) is 8.99. The molecule has 1 aliphatic rings. The predicted octanol–water partition coefficient (Wildman–Crippen LogP) is 2.20. The number of amides is 2. The van der Waals surface area contributed by atoms with Crippen LogP contribution in [0.5, 0.6) is 0 Å². The normalized spacial score (nSPS) is 15.4. The summed E-state index contributed by atoms with van der Waals surface area (Å²) in [6, 6.07) is 13.4. The van der Waals surface area contributed by atoms with Gasteiger partial charge in [-0.1, -0.05) is 36.4 Å². The maximum Gasteiger partial charge on any atom is 0.264 e. The van der Waals surface area contributed by atoms with Gasteiger partial charge in [-0.25, -0.2) is 0 Å². The molecule has 1 atom stereocenters. The highest BCUT2D eigenvalue weighted by molar-refractivity contribution is 7.12. The lowest BCUT2D eigenvalue weighted by atomic mass is 9.97. The van der Waals surface area contributed by atoms with Gasteiger partial charge in [0.2, 0.25) is 5.91 Å². The van der Waals surface area contributed by atoms with Crippen LogP contribution in [0.1, 0.15) is 21.2 Å². The Morgan fingerprint density at radius 3 is 2.20 bits per heavy atom. The van der Waals surface area contributed by atoms with E-state index in [0.29, 0.717) is 26.2 Å². The van der Waals surface area contributed by atoms with Gasteiger partial charge in [-0.15, -0.1) is 23.7 Å².